The first kappa shape index (κ1) is 16.1. The molecule has 1 aromatic carbocycles. The van der Waals surface area contributed by atoms with Gasteiger partial charge in [-0.05, 0) is 43.0 Å². The zero-order valence-electron chi connectivity index (χ0n) is 12.2. The minimum Gasteiger partial charge on any atom is -0.406 e. The molecule has 5 heteroatoms. The van der Waals surface area contributed by atoms with E-state index in [0.29, 0.717) is 5.92 Å². The summed E-state index contributed by atoms with van der Waals surface area (Å²) >= 11 is 0. The lowest BCUT2D eigenvalue weighted by Crippen LogP contribution is -2.27. The Hall–Kier alpha value is -1.23. The van der Waals surface area contributed by atoms with Gasteiger partial charge in [0.2, 0.25) is 0 Å². The zero-order chi connectivity index (χ0) is 15.3. The Morgan fingerprint density at radius 1 is 1.33 bits per heavy atom. The summed E-state index contributed by atoms with van der Waals surface area (Å²) in [7, 11) is 0. The van der Waals surface area contributed by atoms with Crippen molar-refractivity contribution in [2.24, 2.45) is 5.92 Å². The van der Waals surface area contributed by atoms with Crippen LogP contribution in [0, 0.1) is 5.92 Å². The second-order valence-corrected chi connectivity index (χ2v) is 5.66. The van der Waals surface area contributed by atoms with Gasteiger partial charge in [0.15, 0.2) is 0 Å². The minimum absolute atomic E-state index is 0.104. The fourth-order valence-corrected chi connectivity index (χ4v) is 2.65. The van der Waals surface area contributed by atoms with E-state index in [-0.39, 0.29) is 11.8 Å². The first-order valence-electron chi connectivity index (χ1n) is 7.57. The number of benzene rings is 1. The molecule has 0 aliphatic heterocycles. The molecular formula is C16H22F3NO. The number of ether oxygens (including phenoxy) is 1. The van der Waals surface area contributed by atoms with Crippen LogP contribution in [-0.4, -0.2) is 12.9 Å². The summed E-state index contributed by atoms with van der Waals surface area (Å²) < 4.78 is 41.0. The van der Waals surface area contributed by atoms with E-state index in [1.807, 2.05) is 6.07 Å². The number of hydrogen-bond donors (Lipinski definition) is 1. The Labute approximate surface area is 123 Å². The summed E-state index contributed by atoms with van der Waals surface area (Å²) in [5.41, 5.74) is 0.872. The average Bonchev–Trinajstić information content (AvgIpc) is 2.35. The highest BCUT2D eigenvalue weighted by Crippen LogP contribution is 2.35. The van der Waals surface area contributed by atoms with Crippen molar-refractivity contribution in [1.82, 2.24) is 5.32 Å². The predicted octanol–water partition coefficient (Wildman–Crippen LogP) is 4.82. The summed E-state index contributed by atoms with van der Waals surface area (Å²) in [6.45, 7) is 2.94. The maximum absolute atomic E-state index is 12.3. The van der Waals surface area contributed by atoms with Gasteiger partial charge < -0.3 is 10.1 Å². The molecule has 0 spiro atoms. The van der Waals surface area contributed by atoms with Gasteiger partial charge in [0, 0.05) is 6.04 Å². The van der Waals surface area contributed by atoms with E-state index in [4.69, 9.17) is 0 Å². The monoisotopic (exact) mass is 301 g/mol. The highest BCUT2D eigenvalue weighted by molar-refractivity contribution is 5.31. The molecule has 1 aliphatic carbocycles. The molecular weight excluding hydrogens is 279 g/mol. The Morgan fingerprint density at radius 3 is 2.67 bits per heavy atom. The van der Waals surface area contributed by atoms with Gasteiger partial charge >= 0.3 is 6.36 Å². The predicted molar refractivity (Wildman–Crippen MR) is 76.1 cm³/mol. The molecule has 0 radical (unpaired) electrons. The van der Waals surface area contributed by atoms with Crippen LogP contribution >= 0.6 is 0 Å². The van der Waals surface area contributed by atoms with Crippen molar-refractivity contribution in [3.05, 3.63) is 29.8 Å². The number of halogens is 3. The van der Waals surface area contributed by atoms with E-state index in [0.717, 1.165) is 24.9 Å². The molecule has 0 bridgehead atoms. The Bertz CT molecular complexity index is 443. The van der Waals surface area contributed by atoms with E-state index >= 15 is 0 Å². The molecule has 2 nitrogen and oxygen atoms in total. The molecule has 1 atom stereocenters. The van der Waals surface area contributed by atoms with Crippen LogP contribution in [0.5, 0.6) is 5.75 Å². The number of rotatable bonds is 7. The molecule has 1 aromatic rings. The van der Waals surface area contributed by atoms with Crippen molar-refractivity contribution in [3.8, 4) is 5.75 Å². The summed E-state index contributed by atoms with van der Waals surface area (Å²) in [6.07, 6.45) is 1.06. The lowest BCUT2D eigenvalue weighted by molar-refractivity contribution is -0.274. The van der Waals surface area contributed by atoms with Crippen molar-refractivity contribution in [1.29, 1.82) is 0 Å². The lowest BCUT2D eigenvalue weighted by atomic mass is 9.79. The quantitative estimate of drug-likeness (QED) is 0.780. The van der Waals surface area contributed by atoms with Crippen LogP contribution in [0.3, 0.4) is 0 Å². The third-order valence-corrected chi connectivity index (χ3v) is 3.93. The van der Waals surface area contributed by atoms with Crippen LogP contribution in [0.15, 0.2) is 24.3 Å². The molecule has 1 N–H and O–H groups in total. The molecule has 2 rings (SSSR count). The molecule has 1 unspecified atom stereocenters. The van der Waals surface area contributed by atoms with Crippen molar-refractivity contribution in [3.63, 3.8) is 0 Å². The maximum atomic E-state index is 12.3. The smallest absolute Gasteiger partial charge is 0.406 e. The number of nitrogens with one attached hydrogen (secondary N) is 1. The molecule has 1 fully saturated rings. The van der Waals surface area contributed by atoms with Gasteiger partial charge in [-0.2, -0.15) is 0 Å². The van der Waals surface area contributed by atoms with Gasteiger partial charge in [0.25, 0.3) is 0 Å². The fourth-order valence-electron chi connectivity index (χ4n) is 2.65. The topological polar surface area (TPSA) is 21.3 Å². The molecule has 1 saturated carbocycles. The second-order valence-electron chi connectivity index (χ2n) is 5.66. The van der Waals surface area contributed by atoms with E-state index in [9.17, 15) is 13.2 Å². The van der Waals surface area contributed by atoms with Crippen LogP contribution in [0.1, 0.15) is 50.6 Å². The van der Waals surface area contributed by atoms with Crippen molar-refractivity contribution < 1.29 is 17.9 Å². The molecule has 118 valence electrons. The van der Waals surface area contributed by atoms with Crippen LogP contribution in [0.25, 0.3) is 0 Å². The third kappa shape index (κ3) is 5.23. The largest absolute Gasteiger partial charge is 0.573 e. The van der Waals surface area contributed by atoms with E-state index < -0.39 is 6.36 Å². The van der Waals surface area contributed by atoms with Crippen molar-refractivity contribution in [2.75, 3.05) is 6.54 Å². The summed E-state index contributed by atoms with van der Waals surface area (Å²) in [6, 6.07) is 6.44. The van der Waals surface area contributed by atoms with Crippen molar-refractivity contribution in [2.45, 2.75) is 51.4 Å². The first-order chi connectivity index (χ1) is 9.98. The van der Waals surface area contributed by atoms with Gasteiger partial charge in [0.05, 0.1) is 0 Å². The number of alkyl halides is 3. The van der Waals surface area contributed by atoms with Crippen LogP contribution in [0.4, 0.5) is 13.2 Å². The van der Waals surface area contributed by atoms with Gasteiger partial charge in [-0.15, -0.1) is 13.2 Å². The molecule has 0 aromatic heterocycles. The molecule has 21 heavy (non-hydrogen) atoms. The Morgan fingerprint density at radius 2 is 2.10 bits per heavy atom. The summed E-state index contributed by atoms with van der Waals surface area (Å²) in [5.74, 6) is 0.545. The van der Waals surface area contributed by atoms with Crippen LogP contribution in [0.2, 0.25) is 0 Å². The van der Waals surface area contributed by atoms with Crippen molar-refractivity contribution >= 4 is 0 Å². The first-order valence-corrected chi connectivity index (χ1v) is 7.57. The molecule has 0 amide bonds. The number of hydrogen-bond acceptors (Lipinski definition) is 2. The highest BCUT2D eigenvalue weighted by atomic mass is 19.4. The summed E-state index contributed by atoms with van der Waals surface area (Å²) in [5, 5.41) is 3.44. The van der Waals surface area contributed by atoms with E-state index in [2.05, 4.69) is 17.0 Å². The lowest BCUT2D eigenvalue weighted by Gasteiger charge is -2.30. The van der Waals surface area contributed by atoms with Gasteiger partial charge in [-0.25, -0.2) is 0 Å². The maximum Gasteiger partial charge on any atom is 0.573 e. The Kier molecular flexibility index (Phi) is 5.51. The van der Waals surface area contributed by atoms with Gasteiger partial charge in [-0.3, -0.25) is 0 Å². The average molecular weight is 301 g/mol. The molecule has 0 saturated heterocycles. The summed E-state index contributed by atoms with van der Waals surface area (Å²) in [4.78, 5) is 0. The van der Waals surface area contributed by atoms with E-state index in [1.54, 1.807) is 6.07 Å². The van der Waals surface area contributed by atoms with Crippen LogP contribution < -0.4 is 10.1 Å². The molecule has 0 heterocycles. The van der Waals surface area contributed by atoms with E-state index in [1.165, 1.54) is 31.4 Å². The standard InChI is InChI=1S/C16H22F3NO/c1-2-9-20-15(10-12-5-3-6-12)13-7-4-8-14(11-13)21-16(17,18)19/h4,7-8,11-12,15,20H,2-3,5-6,9-10H2,1H3. The molecule has 1 aliphatic rings. The third-order valence-electron chi connectivity index (χ3n) is 3.93. The second kappa shape index (κ2) is 7.16. The van der Waals surface area contributed by atoms with Crippen LogP contribution in [-0.2, 0) is 0 Å². The minimum atomic E-state index is -4.64. The SMILES string of the molecule is CCCNC(CC1CCC1)c1cccc(OC(F)(F)F)c1. The fraction of sp³-hybridized carbons (Fsp3) is 0.625. The van der Waals surface area contributed by atoms with Gasteiger partial charge in [-0.1, -0.05) is 38.3 Å². The highest BCUT2D eigenvalue weighted by Gasteiger charge is 2.31. The zero-order valence-corrected chi connectivity index (χ0v) is 12.2. The normalized spacial score (nSPS) is 17.3. The van der Waals surface area contributed by atoms with Gasteiger partial charge in [0.1, 0.15) is 5.75 Å². The Balaban J connectivity index is 2.08.